The van der Waals surface area contributed by atoms with Gasteiger partial charge < -0.3 is 4.74 Å². The van der Waals surface area contributed by atoms with Crippen molar-refractivity contribution >= 4 is 0 Å². The number of rotatable bonds is 10. The van der Waals surface area contributed by atoms with Gasteiger partial charge in [-0.1, -0.05) is 95.4 Å². The highest BCUT2D eigenvalue weighted by atomic mass is 16.6. The van der Waals surface area contributed by atoms with E-state index in [4.69, 9.17) is 4.74 Å². The minimum atomic E-state index is 0.287. The van der Waals surface area contributed by atoms with Crippen LogP contribution in [0.15, 0.2) is 24.3 Å². The first-order valence-corrected chi connectivity index (χ1v) is 11.9. The summed E-state index contributed by atoms with van der Waals surface area (Å²) in [4.78, 5) is 0. The van der Waals surface area contributed by atoms with Crippen LogP contribution in [0.3, 0.4) is 0 Å². The number of hydrogen-bond acceptors (Lipinski definition) is 1. The monoisotopic (exact) mass is 360 g/mol. The van der Waals surface area contributed by atoms with Gasteiger partial charge >= 0.3 is 0 Å². The number of hydrogen-bond donors (Lipinski definition) is 0. The van der Waals surface area contributed by atoms with Gasteiger partial charge in [0.05, 0.1) is 11.7 Å². The van der Waals surface area contributed by atoms with E-state index in [1.807, 2.05) is 0 Å². The predicted octanol–water partition coefficient (Wildman–Crippen LogP) is 8.29. The van der Waals surface area contributed by atoms with Gasteiger partial charge in [-0.3, -0.25) is 0 Å². The lowest BCUT2D eigenvalue weighted by Crippen LogP contribution is -2.15. The summed E-state index contributed by atoms with van der Waals surface area (Å²) in [7, 11) is 0. The van der Waals surface area contributed by atoms with Crippen LogP contribution in [0.2, 0.25) is 0 Å². The maximum Gasteiger partial charge on any atom is 0.0948 e. The molecule has 0 aromatic rings. The fourth-order valence-electron chi connectivity index (χ4n) is 4.46. The Morgan fingerprint density at radius 3 is 2.00 bits per heavy atom. The molecule has 0 radical (unpaired) electrons. The van der Waals surface area contributed by atoms with Gasteiger partial charge in [0.1, 0.15) is 0 Å². The molecule has 2 aliphatic rings. The third kappa shape index (κ3) is 8.89. The van der Waals surface area contributed by atoms with Crippen molar-refractivity contribution in [3.05, 3.63) is 24.3 Å². The highest BCUT2D eigenvalue weighted by Gasteiger charge is 2.53. The smallest absolute Gasteiger partial charge is 0.0948 e. The molecule has 26 heavy (non-hydrogen) atoms. The Hall–Kier alpha value is -0.560. The van der Waals surface area contributed by atoms with Crippen LogP contribution < -0.4 is 0 Å². The summed E-state index contributed by atoms with van der Waals surface area (Å²) in [5, 5.41) is 0. The Kier molecular flexibility index (Phi) is 11.4. The summed E-state index contributed by atoms with van der Waals surface area (Å²) in [6.07, 6.45) is 34.3. The quantitative estimate of drug-likeness (QED) is 0.217. The molecule has 0 aromatic carbocycles. The maximum atomic E-state index is 6.28. The number of unbranched alkanes of at least 4 members (excludes halogenated alkanes) is 4. The molecule has 1 saturated heterocycles. The van der Waals surface area contributed by atoms with E-state index in [9.17, 15) is 0 Å². The molecule has 0 amide bonds. The van der Waals surface area contributed by atoms with Crippen molar-refractivity contribution in [1.82, 2.24) is 0 Å². The third-order valence-corrected chi connectivity index (χ3v) is 6.25. The highest BCUT2D eigenvalue weighted by Crippen LogP contribution is 2.48. The maximum absolute atomic E-state index is 6.28. The summed E-state index contributed by atoms with van der Waals surface area (Å²) < 4.78 is 6.28. The van der Waals surface area contributed by atoms with Gasteiger partial charge in [0, 0.05) is 0 Å². The zero-order chi connectivity index (χ0) is 18.3. The summed E-state index contributed by atoms with van der Waals surface area (Å²) >= 11 is 0. The Balaban J connectivity index is 1.56. The lowest BCUT2D eigenvalue weighted by atomic mass is 9.89. The second-order valence-electron chi connectivity index (χ2n) is 8.59. The molecule has 1 saturated carbocycles. The van der Waals surface area contributed by atoms with E-state index >= 15 is 0 Å². The van der Waals surface area contributed by atoms with Crippen molar-refractivity contribution in [3.63, 3.8) is 0 Å². The molecule has 0 bridgehead atoms. The van der Waals surface area contributed by atoms with E-state index in [1.54, 1.807) is 0 Å². The molecule has 150 valence electrons. The number of fused-ring (bicyclic) bond motifs is 1. The lowest BCUT2D eigenvalue weighted by molar-refractivity contribution is 0.256. The van der Waals surface area contributed by atoms with Crippen molar-refractivity contribution in [2.24, 2.45) is 0 Å². The van der Waals surface area contributed by atoms with E-state index < -0.39 is 0 Å². The van der Waals surface area contributed by atoms with E-state index in [1.165, 1.54) is 116 Å². The first kappa shape index (κ1) is 21.7. The second-order valence-corrected chi connectivity index (χ2v) is 8.59. The van der Waals surface area contributed by atoms with Gasteiger partial charge in [-0.15, -0.1) is 0 Å². The van der Waals surface area contributed by atoms with E-state index in [2.05, 4.69) is 31.2 Å². The molecule has 1 aliphatic carbocycles. The summed E-state index contributed by atoms with van der Waals surface area (Å²) in [5.74, 6) is 0. The van der Waals surface area contributed by atoms with Crippen molar-refractivity contribution < 1.29 is 4.74 Å². The molecule has 1 aliphatic heterocycles. The van der Waals surface area contributed by atoms with Crippen molar-refractivity contribution in [2.45, 2.75) is 134 Å². The molecule has 2 atom stereocenters. The predicted molar refractivity (Wildman–Crippen MR) is 115 cm³/mol. The SMILES string of the molecule is CCCCC=CCCC=CCCCC12CCCCCCCCCCC1O2. The lowest BCUT2D eigenvalue weighted by Gasteiger charge is -2.13. The Morgan fingerprint density at radius 2 is 1.31 bits per heavy atom. The van der Waals surface area contributed by atoms with E-state index in [-0.39, 0.29) is 5.60 Å². The van der Waals surface area contributed by atoms with Crippen LogP contribution in [0.4, 0.5) is 0 Å². The van der Waals surface area contributed by atoms with Crippen LogP contribution in [0.25, 0.3) is 0 Å². The van der Waals surface area contributed by atoms with E-state index in [0.29, 0.717) is 6.10 Å². The summed E-state index contributed by atoms with van der Waals surface area (Å²) in [6.45, 7) is 2.26. The van der Waals surface area contributed by atoms with Gasteiger partial charge in [-0.05, 0) is 51.4 Å². The number of ether oxygens (including phenoxy) is 1. The first-order chi connectivity index (χ1) is 12.9. The molecule has 0 spiro atoms. The molecule has 0 aromatic heterocycles. The van der Waals surface area contributed by atoms with E-state index in [0.717, 1.165) is 0 Å². The third-order valence-electron chi connectivity index (χ3n) is 6.25. The first-order valence-electron chi connectivity index (χ1n) is 11.9. The minimum absolute atomic E-state index is 0.287. The Bertz CT molecular complexity index is 397. The second kappa shape index (κ2) is 13.6. The van der Waals surface area contributed by atoms with Gasteiger partial charge in [0.15, 0.2) is 0 Å². The van der Waals surface area contributed by atoms with Gasteiger partial charge in [-0.25, -0.2) is 0 Å². The standard InChI is InChI=1S/C25H44O/c1-2-3-4-5-6-7-8-10-13-16-19-22-25-23-20-17-14-11-9-12-15-18-21-24(25)26-25/h5-6,10,13,24H,2-4,7-9,11-12,14-23H2,1H3. The molecule has 1 nitrogen and oxygen atoms in total. The topological polar surface area (TPSA) is 12.5 Å². The molecule has 2 unspecified atom stereocenters. The minimum Gasteiger partial charge on any atom is -0.366 e. The summed E-state index contributed by atoms with van der Waals surface area (Å²) in [5.41, 5.74) is 0.287. The van der Waals surface area contributed by atoms with Crippen molar-refractivity contribution in [3.8, 4) is 0 Å². The molecule has 0 N–H and O–H groups in total. The Labute approximate surface area is 163 Å². The highest BCUT2D eigenvalue weighted by molar-refractivity contribution is 5.02. The van der Waals surface area contributed by atoms with Gasteiger partial charge in [-0.2, -0.15) is 0 Å². The van der Waals surface area contributed by atoms with Gasteiger partial charge in [0.2, 0.25) is 0 Å². The van der Waals surface area contributed by atoms with Crippen LogP contribution in [0, 0.1) is 0 Å². The number of allylic oxidation sites excluding steroid dienone is 4. The van der Waals surface area contributed by atoms with Crippen molar-refractivity contribution in [1.29, 1.82) is 0 Å². The van der Waals surface area contributed by atoms with Crippen LogP contribution >= 0.6 is 0 Å². The summed E-state index contributed by atoms with van der Waals surface area (Å²) in [6, 6.07) is 0. The largest absolute Gasteiger partial charge is 0.366 e. The zero-order valence-corrected chi connectivity index (χ0v) is 17.5. The Morgan fingerprint density at radius 1 is 0.731 bits per heavy atom. The van der Waals surface area contributed by atoms with Crippen LogP contribution in [-0.4, -0.2) is 11.7 Å². The van der Waals surface area contributed by atoms with Crippen LogP contribution in [0.1, 0.15) is 122 Å². The van der Waals surface area contributed by atoms with Crippen molar-refractivity contribution in [2.75, 3.05) is 0 Å². The molecular formula is C25H44O. The number of epoxide rings is 1. The molecule has 1 heteroatoms. The average molecular weight is 361 g/mol. The molecule has 2 fully saturated rings. The van der Waals surface area contributed by atoms with Gasteiger partial charge in [0.25, 0.3) is 0 Å². The normalized spacial score (nSPS) is 28.0. The van der Waals surface area contributed by atoms with Crippen LogP contribution in [0.5, 0.6) is 0 Å². The fourth-order valence-corrected chi connectivity index (χ4v) is 4.46. The molecular weight excluding hydrogens is 316 g/mol. The van der Waals surface area contributed by atoms with Crippen LogP contribution in [-0.2, 0) is 4.74 Å². The zero-order valence-electron chi connectivity index (χ0n) is 17.5. The molecule has 1 heterocycles. The fraction of sp³-hybridized carbons (Fsp3) is 0.840. The molecule has 2 rings (SSSR count). The average Bonchev–Trinajstić information content (AvgIpc) is 3.32.